The summed E-state index contributed by atoms with van der Waals surface area (Å²) in [5.74, 6) is 1.50. The van der Waals surface area contributed by atoms with E-state index in [1.54, 1.807) is 14.2 Å². The fourth-order valence-electron chi connectivity index (χ4n) is 4.14. The lowest BCUT2D eigenvalue weighted by atomic mass is 9.93. The third-order valence-electron chi connectivity index (χ3n) is 5.84. The molecule has 0 spiro atoms. The first-order valence-electron chi connectivity index (χ1n) is 10.3. The van der Waals surface area contributed by atoms with E-state index in [-0.39, 0.29) is 6.04 Å². The molecule has 1 atom stereocenters. The SMILES string of the molecule is COc1cc2c(cc1OC)-c1ccccc1COCC(Cc1ccccc1)N(C)C2. The molecule has 0 bridgehead atoms. The molecule has 0 aliphatic carbocycles. The Labute approximate surface area is 179 Å². The first-order valence-corrected chi connectivity index (χ1v) is 10.3. The predicted molar refractivity (Wildman–Crippen MR) is 120 cm³/mol. The van der Waals surface area contributed by atoms with Gasteiger partial charge in [-0.25, -0.2) is 0 Å². The van der Waals surface area contributed by atoms with Gasteiger partial charge in [0, 0.05) is 12.6 Å². The zero-order chi connectivity index (χ0) is 20.9. The van der Waals surface area contributed by atoms with Gasteiger partial charge >= 0.3 is 0 Å². The Bertz CT molecular complexity index is 987. The van der Waals surface area contributed by atoms with Gasteiger partial charge in [-0.2, -0.15) is 0 Å². The molecular formula is C26H29NO3. The van der Waals surface area contributed by atoms with E-state index in [0.717, 1.165) is 24.5 Å². The molecule has 0 saturated heterocycles. The van der Waals surface area contributed by atoms with Crippen molar-refractivity contribution in [3.05, 3.63) is 83.4 Å². The standard InChI is InChI=1S/C26H29NO3/c1-27-16-21-14-25(28-2)26(29-3)15-24(21)23-12-8-7-11-20(23)17-30-18-22(27)13-19-9-5-4-6-10-19/h4-12,14-15,22H,13,16-18H2,1-3H3. The molecule has 0 radical (unpaired) electrons. The second kappa shape index (κ2) is 9.33. The summed E-state index contributed by atoms with van der Waals surface area (Å²) in [6.07, 6.45) is 0.946. The highest BCUT2D eigenvalue weighted by Gasteiger charge is 2.22. The van der Waals surface area contributed by atoms with Crippen LogP contribution < -0.4 is 9.47 Å². The molecule has 1 unspecified atom stereocenters. The number of hydrogen-bond donors (Lipinski definition) is 0. The third-order valence-corrected chi connectivity index (χ3v) is 5.84. The van der Waals surface area contributed by atoms with Crippen molar-refractivity contribution in [1.82, 2.24) is 4.90 Å². The average molecular weight is 404 g/mol. The van der Waals surface area contributed by atoms with Gasteiger partial charge in [-0.3, -0.25) is 4.90 Å². The smallest absolute Gasteiger partial charge is 0.161 e. The van der Waals surface area contributed by atoms with Gasteiger partial charge in [-0.05, 0) is 53.4 Å². The average Bonchev–Trinajstić information content (AvgIpc) is 2.78. The van der Waals surface area contributed by atoms with Gasteiger partial charge in [0.25, 0.3) is 0 Å². The molecule has 1 heterocycles. The Morgan fingerprint density at radius 2 is 1.57 bits per heavy atom. The molecular weight excluding hydrogens is 374 g/mol. The van der Waals surface area contributed by atoms with Crippen LogP contribution in [0.3, 0.4) is 0 Å². The lowest BCUT2D eigenvalue weighted by Gasteiger charge is -2.31. The van der Waals surface area contributed by atoms with Gasteiger partial charge < -0.3 is 14.2 Å². The second-order valence-corrected chi connectivity index (χ2v) is 7.80. The van der Waals surface area contributed by atoms with E-state index in [9.17, 15) is 0 Å². The number of hydrogen-bond acceptors (Lipinski definition) is 4. The summed E-state index contributed by atoms with van der Waals surface area (Å²) in [7, 11) is 5.54. The fourth-order valence-corrected chi connectivity index (χ4v) is 4.14. The van der Waals surface area contributed by atoms with Crippen molar-refractivity contribution < 1.29 is 14.2 Å². The van der Waals surface area contributed by atoms with E-state index in [4.69, 9.17) is 14.2 Å². The maximum Gasteiger partial charge on any atom is 0.161 e. The van der Waals surface area contributed by atoms with Crippen molar-refractivity contribution in [2.24, 2.45) is 0 Å². The van der Waals surface area contributed by atoms with Crippen LogP contribution in [0, 0.1) is 0 Å². The molecule has 0 saturated carbocycles. The largest absolute Gasteiger partial charge is 0.493 e. The van der Waals surface area contributed by atoms with Crippen molar-refractivity contribution in [3.63, 3.8) is 0 Å². The summed E-state index contributed by atoms with van der Waals surface area (Å²) in [6.45, 7) is 2.07. The van der Waals surface area contributed by atoms with E-state index in [0.29, 0.717) is 13.2 Å². The van der Waals surface area contributed by atoms with Crippen LogP contribution in [0.15, 0.2) is 66.7 Å². The van der Waals surface area contributed by atoms with Gasteiger partial charge in [-0.15, -0.1) is 0 Å². The lowest BCUT2D eigenvalue weighted by molar-refractivity contribution is 0.0570. The maximum absolute atomic E-state index is 6.21. The number of nitrogens with zero attached hydrogens (tertiary/aromatic N) is 1. The molecule has 1 aliphatic rings. The summed E-state index contributed by atoms with van der Waals surface area (Å²) in [6, 6.07) is 23.6. The van der Waals surface area contributed by atoms with Crippen LogP contribution in [0.2, 0.25) is 0 Å². The molecule has 1 aliphatic heterocycles. The maximum atomic E-state index is 6.21. The lowest BCUT2D eigenvalue weighted by Crippen LogP contribution is -2.37. The minimum atomic E-state index is 0.276. The summed E-state index contributed by atoms with van der Waals surface area (Å²) in [5, 5.41) is 0. The van der Waals surface area contributed by atoms with Crippen molar-refractivity contribution in [1.29, 1.82) is 0 Å². The van der Waals surface area contributed by atoms with Crippen molar-refractivity contribution in [2.45, 2.75) is 25.6 Å². The van der Waals surface area contributed by atoms with Crippen molar-refractivity contribution >= 4 is 0 Å². The Kier molecular flexibility index (Phi) is 6.36. The van der Waals surface area contributed by atoms with E-state index >= 15 is 0 Å². The van der Waals surface area contributed by atoms with Gasteiger partial charge in [0.15, 0.2) is 11.5 Å². The van der Waals surface area contributed by atoms with Gasteiger partial charge in [0.1, 0.15) is 0 Å². The Hall–Kier alpha value is -2.82. The molecule has 0 aromatic heterocycles. The van der Waals surface area contributed by atoms with Gasteiger partial charge in [-0.1, -0.05) is 54.6 Å². The van der Waals surface area contributed by atoms with E-state index in [2.05, 4.69) is 78.7 Å². The van der Waals surface area contributed by atoms with E-state index in [1.807, 2.05) is 0 Å². The number of methoxy groups -OCH3 is 2. The molecule has 4 rings (SSSR count). The van der Waals surface area contributed by atoms with Crippen LogP contribution in [0.4, 0.5) is 0 Å². The fraction of sp³-hybridized carbons (Fsp3) is 0.308. The molecule has 30 heavy (non-hydrogen) atoms. The molecule has 0 amide bonds. The third kappa shape index (κ3) is 4.35. The Morgan fingerprint density at radius 1 is 0.867 bits per heavy atom. The molecule has 0 fully saturated rings. The summed E-state index contributed by atoms with van der Waals surface area (Å²) < 4.78 is 17.4. The second-order valence-electron chi connectivity index (χ2n) is 7.80. The van der Waals surface area contributed by atoms with Crippen LogP contribution >= 0.6 is 0 Å². The monoisotopic (exact) mass is 403 g/mol. The van der Waals surface area contributed by atoms with E-state index < -0.39 is 0 Å². The van der Waals surface area contributed by atoms with Crippen LogP contribution in [0.1, 0.15) is 16.7 Å². The molecule has 3 aromatic carbocycles. The van der Waals surface area contributed by atoms with Crippen LogP contribution in [0.5, 0.6) is 11.5 Å². The summed E-state index contributed by atoms with van der Waals surface area (Å²) >= 11 is 0. The summed E-state index contributed by atoms with van der Waals surface area (Å²) in [4.78, 5) is 2.38. The first kappa shape index (κ1) is 20.5. The Balaban J connectivity index is 1.76. The van der Waals surface area contributed by atoms with Crippen molar-refractivity contribution in [3.8, 4) is 22.6 Å². The number of ether oxygens (including phenoxy) is 3. The minimum Gasteiger partial charge on any atom is -0.493 e. The van der Waals surface area contributed by atoms with E-state index in [1.165, 1.54) is 27.8 Å². The molecule has 4 heteroatoms. The molecule has 156 valence electrons. The molecule has 0 N–H and O–H groups in total. The number of fused-ring (bicyclic) bond motifs is 3. The highest BCUT2D eigenvalue weighted by molar-refractivity contribution is 5.74. The molecule has 4 nitrogen and oxygen atoms in total. The molecule has 3 aromatic rings. The van der Waals surface area contributed by atoms with Crippen LogP contribution in [0.25, 0.3) is 11.1 Å². The first-order chi connectivity index (χ1) is 14.7. The quantitative estimate of drug-likeness (QED) is 0.617. The highest BCUT2D eigenvalue weighted by atomic mass is 16.5. The van der Waals surface area contributed by atoms with Crippen LogP contribution in [-0.2, 0) is 24.3 Å². The predicted octanol–water partition coefficient (Wildman–Crippen LogP) is 4.94. The number of likely N-dealkylation sites (N-methyl/N-ethyl adjacent to an activating group) is 1. The summed E-state index contributed by atoms with van der Waals surface area (Å²) in [5.41, 5.74) is 6.09. The highest BCUT2D eigenvalue weighted by Crippen LogP contribution is 2.38. The van der Waals surface area contributed by atoms with Gasteiger partial charge in [0.2, 0.25) is 0 Å². The topological polar surface area (TPSA) is 30.9 Å². The van der Waals surface area contributed by atoms with Crippen LogP contribution in [-0.4, -0.2) is 38.8 Å². The number of benzene rings is 3. The minimum absolute atomic E-state index is 0.276. The van der Waals surface area contributed by atoms with Crippen molar-refractivity contribution in [2.75, 3.05) is 27.9 Å². The zero-order valence-electron chi connectivity index (χ0n) is 17.9. The Morgan fingerprint density at radius 3 is 2.33 bits per heavy atom. The normalized spacial score (nSPS) is 17.0. The van der Waals surface area contributed by atoms with Gasteiger partial charge in [0.05, 0.1) is 27.4 Å². The zero-order valence-corrected chi connectivity index (χ0v) is 17.9. The number of rotatable bonds is 4.